The lowest BCUT2D eigenvalue weighted by atomic mass is 9.91. The molecule has 1 aliphatic heterocycles. The summed E-state index contributed by atoms with van der Waals surface area (Å²) in [5.41, 5.74) is 0.813. The Balaban J connectivity index is 1.70. The van der Waals surface area contributed by atoms with Crippen LogP contribution in [0.5, 0.6) is 5.75 Å². The molecule has 2 unspecified atom stereocenters. The van der Waals surface area contributed by atoms with Gasteiger partial charge in [0.15, 0.2) is 17.9 Å². The summed E-state index contributed by atoms with van der Waals surface area (Å²) < 4.78 is 60.2. The maximum atomic E-state index is 14.8. The molecule has 0 saturated carbocycles. The van der Waals surface area contributed by atoms with Crippen molar-refractivity contribution in [2.75, 3.05) is 19.8 Å². The van der Waals surface area contributed by atoms with Crippen molar-refractivity contribution in [1.82, 2.24) is 0 Å². The van der Waals surface area contributed by atoms with Gasteiger partial charge in [-0.25, -0.2) is 8.78 Å². The number of hydrogen-bond donors (Lipinski definition) is 0. The van der Waals surface area contributed by atoms with Gasteiger partial charge in [-0.15, -0.1) is 0 Å². The number of ether oxygens (including phenoxy) is 3. The summed E-state index contributed by atoms with van der Waals surface area (Å²) in [5, 5.41) is 0. The van der Waals surface area contributed by atoms with Crippen LogP contribution in [0.25, 0.3) is 11.1 Å². The Morgan fingerprint density at radius 1 is 0.967 bits per heavy atom. The van der Waals surface area contributed by atoms with Crippen molar-refractivity contribution in [1.29, 1.82) is 0 Å². The van der Waals surface area contributed by atoms with Crippen LogP contribution in [-0.2, 0) is 9.47 Å². The summed E-state index contributed by atoms with van der Waals surface area (Å²) in [7, 11) is 0. The molecule has 2 aromatic rings. The number of unbranched alkanes of at least 4 members (excludes halogenated alkanes) is 1. The Bertz CT molecular complexity index is 833. The van der Waals surface area contributed by atoms with Crippen LogP contribution in [0.4, 0.5) is 13.2 Å². The summed E-state index contributed by atoms with van der Waals surface area (Å²) >= 11 is 0. The molecule has 1 fully saturated rings. The van der Waals surface area contributed by atoms with Crippen molar-refractivity contribution in [3.8, 4) is 16.9 Å². The largest absolute Gasteiger partial charge is 0.490 e. The normalized spacial score (nSPS) is 19.1. The van der Waals surface area contributed by atoms with E-state index in [0.29, 0.717) is 38.2 Å². The molecule has 164 valence electrons. The molecule has 0 aliphatic carbocycles. The van der Waals surface area contributed by atoms with E-state index in [0.717, 1.165) is 19.3 Å². The molecule has 0 spiro atoms. The summed E-state index contributed by atoms with van der Waals surface area (Å²) in [5.74, 6) is -2.76. The zero-order valence-electron chi connectivity index (χ0n) is 17.6. The van der Waals surface area contributed by atoms with Gasteiger partial charge in [0.25, 0.3) is 0 Å². The first kappa shape index (κ1) is 22.6. The molecule has 1 heterocycles. The lowest BCUT2D eigenvalue weighted by Crippen LogP contribution is -2.27. The molecule has 1 saturated heterocycles. The highest BCUT2D eigenvalue weighted by Gasteiger charge is 2.26. The Kier molecular flexibility index (Phi) is 8.16. The van der Waals surface area contributed by atoms with Crippen molar-refractivity contribution in [3.63, 3.8) is 0 Å². The van der Waals surface area contributed by atoms with Gasteiger partial charge in [-0.3, -0.25) is 0 Å². The molecular formula is C24H29F3O3. The lowest BCUT2D eigenvalue weighted by Gasteiger charge is -2.29. The van der Waals surface area contributed by atoms with Crippen LogP contribution in [-0.4, -0.2) is 26.1 Å². The second-order valence-corrected chi connectivity index (χ2v) is 7.59. The Hall–Kier alpha value is -2.05. The third kappa shape index (κ3) is 5.35. The number of halogens is 3. The van der Waals surface area contributed by atoms with Gasteiger partial charge in [-0.2, -0.15) is 4.39 Å². The van der Waals surface area contributed by atoms with Crippen LogP contribution in [0.3, 0.4) is 0 Å². The molecule has 30 heavy (non-hydrogen) atoms. The summed E-state index contributed by atoms with van der Waals surface area (Å²) in [6, 6.07) is 7.30. The molecule has 0 radical (unpaired) electrons. The first-order valence-corrected chi connectivity index (χ1v) is 10.7. The van der Waals surface area contributed by atoms with E-state index in [9.17, 15) is 13.2 Å². The van der Waals surface area contributed by atoms with E-state index in [2.05, 4.69) is 6.92 Å². The molecule has 3 rings (SSSR count). The van der Waals surface area contributed by atoms with Crippen molar-refractivity contribution < 1.29 is 27.4 Å². The van der Waals surface area contributed by atoms with Crippen molar-refractivity contribution in [2.24, 2.45) is 0 Å². The second-order valence-electron chi connectivity index (χ2n) is 7.59. The average Bonchev–Trinajstić information content (AvgIpc) is 2.75. The quantitative estimate of drug-likeness (QED) is 0.426. The summed E-state index contributed by atoms with van der Waals surface area (Å²) in [4.78, 5) is 0. The van der Waals surface area contributed by atoms with Crippen LogP contribution < -0.4 is 4.74 Å². The topological polar surface area (TPSA) is 27.7 Å². The van der Waals surface area contributed by atoms with Gasteiger partial charge in [-0.1, -0.05) is 32.4 Å². The predicted molar refractivity (Wildman–Crippen MR) is 110 cm³/mol. The minimum absolute atomic E-state index is 0.00563. The third-order valence-corrected chi connectivity index (χ3v) is 5.30. The molecular weight excluding hydrogens is 393 g/mol. The molecule has 1 aliphatic rings. The monoisotopic (exact) mass is 422 g/mol. The van der Waals surface area contributed by atoms with Crippen LogP contribution >= 0.6 is 0 Å². The van der Waals surface area contributed by atoms with Crippen LogP contribution in [0.1, 0.15) is 57.4 Å². The fourth-order valence-electron chi connectivity index (χ4n) is 3.57. The first-order valence-electron chi connectivity index (χ1n) is 10.7. The van der Waals surface area contributed by atoms with E-state index in [1.807, 2.05) is 6.92 Å². The molecule has 6 heteroatoms. The molecule has 3 nitrogen and oxygen atoms in total. The first-order chi connectivity index (χ1) is 14.5. The van der Waals surface area contributed by atoms with E-state index in [1.165, 1.54) is 18.2 Å². The maximum Gasteiger partial charge on any atom is 0.201 e. The summed E-state index contributed by atoms with van der Waals surface area (Å²) in [6.45, 7) is 5.32. The standard InChI is InChI=1S/C24H29F3O3/c1-3-5-13-29-22-11-7-17(15-30-22)18-8-6-16(14-20(18)25)19-9-10-21(28-12-4-2)24(27)23(19)26/h6,8-10,14,17,22H,3-5,7,11-13,15H2,1-2H3. The minimum Gasteiger partial charge on any atom is -0.490 e. The minimum atomic E-state index is -1.06. The molecule has 0 aromatic heterocycles. The number of hydrogen-bond acceptors (Lipinski definition) is 3. The Labute approximate surface area is 176 Å². The Morgan fingerprint density at radius 3 is 2.47 bits per heavy atom. The average molecular weight is 422 g/mol. The molecule has 0 N–H and O–H groups in total. The highest BCUT2D eigenvalue weighted by Crippen LogP contribution is 2.34. The van der Waals surface area contributed by atoms with Crippen molar-refractivity contribution in [3.05, 3.63) is 53.3 Å². The van der Waals surface area contributed by atoms with Gasteiger partial charge < -0.3 is 14.2 Å². The van der Waals surface area contributed by atoms with E-state index in [1.54, 1.807) is 12.1 Å². The fraction of sp³-hybridized carbons (Fsp3) is 0.500. The van der Waals surface area contributed by atoms with Crippen LogP contribution in [0, 0.1) is 17.5 Å². The van der Waals surface area contributed by atoms with Crippen LogP contribution in [0.2, 0.25) is 0 Å². The highest BCUT2D eigenvalue weighted by molar-refractivity contribution is 5.66. The molecule has 0 amide bonds. The van der Waals surface area contributed by atoms with Gasteiger partial charge in [0.2, 0.25) is 5.82 Å². The van der Waals surface area contributed by atoms with Crippen LogP contribution in [0.15, 0.2) is 30.3 Å². The molecule has 2 atom stereocenters. The van der Waals surface area contributed by atoms with Crippen molar-refractivity contribution >= 4 is 0 Å². The fourth-order valence-corrected chi connectivity index (χ4v) is 3.57. The lowest BCUT2D eigenvalue weighted by molar-refractivity contribution is -0.167. The number of rotatable bonds is 9. The van der Waals surface area contributed by atoms with Gasteiger partial charge in [0.05, 0.1) is 13.2 Å². The number of benzene rings is 2. The second kappa shape index (κ2) is 10.8. The van der Waals surface area contributed by atoms with Gasteiger partial charge in [0.1, 0.15) is 5.82 Å². The zero-order valence-corrected chi connectivity index (χ0v) is 17.6. The molecule has 0 bridgehead atoms. The SMILES string of the molecule is CCCCOC1CCC(c2ccc(-c3ccc(OCCC)c(F)c3F)cc2F)CO1. The smallest absolute Gasteiger partial charge is 0.201 e. The van der Waals surface area contributed by atoms with Crippen molar-refractivity contribution in [2.45, 2.75) is 58.2 Å². The van der Waals surface area contributed by atoms with Gasteiger partial charge in [0, 0.05) is 18.1 Å². The van der Waals surface area contributed by atoms with Gasteiger partial charge in [-0.05, 0) is 55.0 Å². The van der Waals surface area contributed by atoms with E-state index < -0.39 is 17.5 Å². The maximum absolute atomic E-state index is 14.8. The third-order valence-electron chi connectivity index (χ3n) is 5.30. The van der Waals surface area contributed by atoms with E-state index >= 15 is 0 Å². The zero-order chi connectivity index (χ0) is 21.5. The van der Waals surface area contributed by atoms with E-state index in [-0.39, 0.29) is 29.1 Å². The van der Waals surface area contributed by atoms with Gasteiger partial charge >= 0.3 is 0 Å². The Morgan fingerprint density at radius 2 is 1.80 bits per heavy atom. The van der Waals surface area contributed by atoms with E-state index in [4.69, 9.17) is 14.2 Å². The summed E-state index contributed by atoms with van der Waals surface area (Å²) in [6.07, 6.45) is 3.95. The highest BCUT2D eigenvalue weighted by atomic mass is 19.2. The molecule has 2 aromatic carbocycles. The predicted octanol–water partition coefficient (Wildman–Crippen LogP) is 6.60.